The summed E-state index contributed by atoms with van der Waals surface area (Å²) in [5.74, 6) is 0.0390. The average Bonchev–Trinajstić information content (AvgIpc) is 2.47. The van der Waals surface area contributed by atoms with Crippen molar-refractivity contribution in [2.24, 2.45) is 7.05 Å². The first-order chi connectivity index (χ1) is 5.74. The quantitative estimate of drug-likeness (QED) is 0.661. The Morgan fingerprint density at radius 2 is 2.50 bits per heavy atom. The molecule has 1 aromatic rings. The van der Waals surface area contributed by atoms with E-state index in [-0.39, 0.29) is 12.4 Å². The third kappa shape index (κ3) is 2.17. The Bertz CT molecular complexity index is 268. The summed E-state index contributed by atoms with van der Waals surface area (Å²) in [4.78, 5) is 11.3. The molecule has 0 radical (unpaired) electrons. The Labute approximate surface area is 70.8 Å². The topological polar surface area (TPSA) is 55.1 Å². The van der Waals surface area contributed by atoms with Gasteiger partial charge < -0.3 is 5.11 Å². The van der Waals surface area contributed by atoms with Gasteiger partial charge in [-0.1, -0.05) is 0 Å². The second-order valence-corrected chi connectivity index (χ2v) is 2.65. The standard InChI is InChI=1S/C8H12N2O2/c1-10-6-7(5-9-10)8(12)3-2-4-11/h5-6,11H,2-4H2,1H3. The molecule has 66 valence electrons. The van der Waals surface area contributed by atoms with Crippen LogP contribution in [0.1, 0.15) is 23.2 Å². The molecule has 1 N–H and O–H groups in total. The second kappa shape index (κ2) is 4.01. The lowest BCUT2D eigenvalue weighted by atomic mass is 10.1. The van der Waals surface area contributed by atoms with Crippen molar-refractivity contribution in [3.8, 4) is 0 Å². The van der Waals surface area contributed by atoms with Crippen LogP contribution in [0.25, 0.3) is 0 Å². The molecular formula is C8H12N2O2. The predicted octanol–water partition coefficient (Wildman–Crippen LogP) is 0.375. The summed E-state index contributed by atoms with van der Waals surface area (Å²) < 4.78 is 1.59. The van der Waals surface area contributed by atoms with Gasteiger partial charge in [0.05, 0.1) is 11.8 Å². The zero-order valence-electron chi connectivity index (χ0n) is 7.03. The van der Waals surface area contributed by atoms with Crippen LogP contribution in [0.15, 0.2) is 12.4 Å². The lowest BCUT2D eigenvalue weighted by Gasteiger charge is -1.93. The van der Waals surface area contributed by atoms with Crippen LogP contribution in [-0.4, -0.2) is 27.3 Å². The van der Waals surface area contributed by atoms with Gasteiger partial charge >= 0.3 is 0 Å². The van der Waals surface area contributed by atoms with E-state index in [9.17, 15) is 4.79 Å². The van der Waals surface area contributed by atoms with Crippen molar-refractivity contribution < 1.29 is 9.90 Å². The van der Waals surface area contributed by atoms with Gasteiger partial charge in [-0.15, -0.1) is 0 Å². The number of hydrogen-bond donors (Lipinski definition) is 1. The van der Waals surface area contributed by atoms with Crippen LogP contribution in [0.4, 0.5) is 0 Å². The van der Waals surface area contributed by atoms with E-state index in [1.54, 1.807) is 24.1 Å². The number of ketones is 1. The fourth-order valence-corrected chi connectivity index (χ4v) is 0.949. The molecule has 0 aliphatic carbocycles. The Kier molecular flexibility index (Phi) is 2.99. The van der Waals surface area contributed by atoms with Gasteiger partial charge in [0.2, 0.25) is 0 Å². The molecule has 0 saturated carbocycles. The molecule has 4 heteroatoms. The number of aliphatic hydroxyl groups is 1. The van der Waals surface area contributed by atoms with E-state index >= 15 is 0 Å². The average molecular weight is 168 g/mol. The smallest absolute Gasteiger partial charge is 0.166 e. The number of nitrogens with zero attached hydrogens (tertiary/aromatic N) is 2. The van der Waals surface area contributed by atoms with Gasteiger partial charge in [0.1, 0.15) is 0 Å². The highest BCUT2D eigenvalue weighted by Gasteiger charge is 2.06. The molecule has 1 aromatic heterocycles. The Hall–Kier alpha value is -1.16. The SMILES string of the molecule is Cn1cc(C(=O)CCCO)cn1. The van der Waals surface area contributed by atoms with Crippen LogP contribution < -0.4 is 0 Å². The zero-order chi connectivity index (χ0) is 8.97. The maximum Gasteiger partial charge on any atom is 0.166 e. The Balaban J connectivity index is 2.53. The first-order valence-electron chi connectivity index (χ1n) is 3.86. The number of rotatable bonds is 4. The molecule has 1 heterocycles. The number of carbonyl (C=O) groups excluding carboxylic acids is 1. The molecule has 12 heavy (non-hydrogen) atoms. The van der Waals surface area contributed by atoms with Crippen molar-refractivity contribution in [3.05, 3.63) is 18.0 Å². The summed E-state index contributed by atoms with van der Waals surface area (Å²) in [5, 5.41) is 12.4. The lowest BCUT2D eigenvalue weighted by Crippen LogP contribution is -1.98. The fraction of sp³-hybridized carbons (Fsp3) is 0.500. The molecule has 0 amide bonds. The maximum atomic E-state index is 11.3. The van der Waals surface area contributed by atoms with Gasteiger partial charge in [0, 0.05) is 26.3 Å². The predicted molar refractivity (Wildman–Crippen MR) is 43.9 cm³/mol. The Morgan fingerprint density at radius 1 is 1.75 bits per heavy atom. The normalized spacial score (nSPS) is 10.2. The largest absolute Gasteiger partial charge is 0.396 e. The first kappa shape index (κ1) is 8.93. The van der Waals surface area contributed by atoms with E-state index in [4.69, 9.17) is 5.11 Å². The molecule has 0 aliphatic rings. The van der Waals surface area contributed by atoms with Crippen LogP contribution in [-0.2, 0) is 7.05 Å². The number of carbonyl (C=O) groups is 1. The molecule has 0 aromatic carbocycles. The molecular weight excluding hydrogens is 156 g/mol. The van der Waals surface area contributed by atoms with E-state index in [1.165, 1.54) is 0 Å². The van der Waals surface area contributed by atoms with Crippen molar-refractivity contribution in [1.29, 1.82) is 0 Å². The van der Waals surface area contributed by atoms with Crippen molar-refractivity contribution in [3.63, 3.8) is 0 Å². The van der Waals surface area contributed by atoms with Gasteiger partial charge in [-0.2, -0.15) is 5.10 Å². The maximum absolute atomic E-state index is 11.3. The van der Waals surface area contributed by atoms with Crippen molar-refractivity contribution >= 4 is 5.78 Å². The summed E-state index contributed by atoms with van der Waals surface area (Å²) in [5.41, 5.74) is 0.617. The minimum Gasteiger partial charge on any atom is -0.396 e. The third-order valence-electron chi connectivity index (χ3n) is 1.59. The summed E-state index contributed by atoms with van der Waals surface area (Å²) in [7, 11) is 1.77. The highest BCUT2D eigenvalue weighted by Crippen LogP contribution is 2.02. The van der Waals surface area contributed by atoms with E-state index in [0.717, 1.165) is 0 Å². The highest BCUT2D eigenvalue weighted by atomic mass is 16.3. The highest BCUT2D eigenvalue weighted by molar-refractivity contribution is 5.95. The van der Waals surface area contributed by atoms with Gasteiger partial charge in [0.25, 0.3) is 0 Å². The monoisotopic (exact) mass is 168 g/mol. The molecule has 0 aliphatic heterocycles. The number of aromatic nitrogens is 2. The van der Waals surface area contributed by atoms with Crippen LogP contribution in [0.5, 0.6) is 0 Å². The van der Waals surface area contributed by atoms with E-state index in [2.05, 4.69) is 5.10 Å². The van der Waals surface area contributed by atoms with E-state index in [1.807, 2.05) is 0 Å². The van der Waals surface area contributed by atoms with Gasteiger partial charge in [0.15, 0.2) is 5.78 Å². The summed E-state index contributed by atoms with van der Waals surface area (Å²) in [6.07, 6.45) is 4.13. The summed E-state index contributed by atoms with van der Waals surface area (Å²) in [6, 6.07) is 0. The van der Waals surface area contributed by atoms with Crippen molar-refractivity contribution in [2.45, 2.75) is 12.8 Å². The molecule has 0 bridgehead atoms. The second-order valence-electron chi connectivity index (χ2n) is 2.65. The third-order valence-corrected chi connectivity index (χ3v) is 1.59. The van der Waals surface area contributed by atoms with Crippen molar-refractivity contribution in [1.82, 2.24) is 9.78 Å². The number of aryl methyl sites for hydroxylation is 1. The minimum atomic E-state index is 0.0390. The molecule has 0 unspecified atom stereocenters. The number of aliphatic hydroxyl groups excluding tert-OH is 1. The van der Waals surface area contributed by atoms with E-state index in [0.29, 0.717) is 18.4 Å². The Morgan fingerprint density at radius 3 is 3.00 bits per heavy atom. The van der Waals surface area contributed by atoms with Crippen LogP contribution in [0.2, 0.25) is 0 Å². The minimum absolute atomic E-state index is 0.0390. The van der Waals surface area contributed by atoms with Gasteiger partial charge in [-0.3, -0.25) is 9.48 Å². The van der Waals surface area contributed by atoms with Gasteiger partial charge in [-0.05, 0) is 6.42 Å². The summed E-state index contributed by atoms with van der Waals surface area (Å²) in [6.45, 7) is 0.0615. The molecule has 1 rings (SSSR count). The summed E-state index contributed by atoms with van der Waals surface area (Å²) >= 11 is 0. The zero-order valence-corrected chi connectivity index (χ0v) is 7.03. The number of hydrogen-bond acceptors (Lipinski definition) is 3. The molecule has 0 spiro atoms. The molecule has 0 atom stereocenters. The van der Waals surface area contributed by atoms with Gasteiger partial charge in [-0.25, -0.2) is 0 Å². The van der Waals surface area contributed by atoms with Crippen LogP contribution in [0, 0.1) is 0 Å². The first-order valence-corrected chi connectivity index (χ1v) is 3.86. The fourth-order valence-electron chi connectivity index (χ4n) is 0.949. The van der Waals surface area contributed by atoms with Crippen LogP contribution in [0.3, 0.4) is 0 Å². The molecule has 4 nitrogen and oxygen atoms in total. The molecule has 0 fully saturated rings. The van der Waals surface area contributed by atoms with E-state index < -0.39 is 0 Å². The number of Topliss-reactive ketones (excluding diaryl/α,β-unsaturated/α-hetero) is 1. The lowest BCUT2D eigenvalue weighted by molar-refractivity contribution is 0.0971. The van der Waals surface area contributed by atoms with Crippen LogP contribution >= 0.6 is 0 Å². The molecule has 0 saturated heterocycles. The van der Waals surface area contributed by atoms with Crippen molar-refractivity contribution in [2.75, 3.05) is 6.61 Å².